The van der Waals surface area contributed by atoms with Crippen LogP contribution in [0.2, 0.25) is 10.0 Å². The lowest BCUT2D eigenvalue weighted by Crippen LogP contribution is -2.15. The minimum Gasteiger partial charge on any atom is -0.486 e. The Morgan fingerprint density at radius 3 is 2.67 bits per heavy atom. The third kappa shape index (κ3) is 5.68. The van der Waals surface area contributed by atoms with Gasteiger partial charge in [0, 0.05) is 22.3 Å². The summed E-state index contributed by atoms with van der Waals surface area (Å²) in [5.41, 5.74) is 2.60. The summed E-state index contributed by atoms with van der Waals surface area (Å²) in [6, 6.07) is 10.9. The van der Waals surface area contributed by atoms with E-state index < -0.39 is 0 Å². The maximum atomic E-state index is 12.4. The number of carbonyl (C=O) groups excluding carboxylic acids is 1. The number of nitrogens with zero attached hydrogens (tertiary/aromatic N) is 3. The van der Waals surface area contributed by atoms with E-state index in [1.165, 1.54) is 11.8 Å². The number of aryl methyl sites for hydroxylation is 2. The van der Waals surface area contributed by atoms with Gasteiger partial charge in [-0.2, -0.15) is 0 Å². The minimum absolute atomic E-state index is 0.134. The van der Waals surface area contributed by atoms with Crippen LogP contribution in [0, 0.1) is 13.8 Å². The van der Waals surface area contributed by atoms with Crippen LogP contribution in [0.5, 0.6) is 5.75 Å². The van der Waals surface area contributed by atoms with E-state index in [1.807, 2.05) is 43.5 Å². The summed E-state index contributed by atoms with van der Waals surface area (Å²) in [5.74, 6) is 1.48. The molecule has 1 heterocycles. The second kappa shape index (κ2) is 10.2. The van der Waals surface area contributed by atoms with Gasteiger partial charge in [-0.05, 0) is 62.2 Å². The molecular weight excluding hydrogens is 443 g/mol. The zero-order chi connectivity index (χ0) is 21.7. The van der Waals surface area contributed by atoms with Gasteiger partial charge >= 0.3 is 0 Å². The number of nitrogens with one attached hydrogen (secondary N) is 1. The van der Waals surface area contributed by atoms with Crippen molar-refractivity contribution in [1.29, 1.82) is 0 Å². The van der Waals surface area contributed by atoms with Gasteiger partial charge in [-0.15, -0.1) is 10.2 Å². The van der Waals surface area contributed by atoms with E-state index in [4.69, 9.17) is 27.9 Å². The second-order valence-corrected chi connectivity index (χ2v) is 8.42. The van der Waals surface area contributed by atoms with E-state index in [0.29, 0.717) is 39.0 Å². The number of carbonyl (C=O) groups is 1. The van der Waals surface area contributed by atoms with E-state index in [0.717, 1.165) is 11.1 Å². The average Bonchev–Trinajstić information content (AvgIpc) is 3.12. The second-order valence-electron chi connectivity index (χ2n) is 6.64. The highest BCUT2D eigenvalue weighted by atomic mass is 35.5. The summed E-state index contributed by atoms with van der Waals surface area (Å²) in [7, 11) is 0. The van der Waals surface area contributed by atoms with Crippen molar-refractivity contribution >= 4 is 46.6 Å². The number of hydrogen-bond acceptors (Lipinski definition) is 5. The van der Waals surface area contributed by atoms with E-state index in [2.05, 4.69) is 15.5 Å². The molecule has 0 spiro atoms. The molecule has 0 aliphatic carbocycles. The van der Waals surface area contributed by atoms with Crippen molar-refractivity contribution in [2.45, 2.75) is 39.1 Å². The van der Waals surface area contributed by atoms with Gasteiger partial charge in [0.05, 0.1) is 5.75 Å². The van der Waals surface area contributed by atoms with Gasteiger partial charge in [0.1, 0.15) is 12.4 Å². The summed E-state index contributed by atoms with van der Waals surface area (Å²) in [5, 5.41) is 13.3. The number of rotatable bonds is 8. The Kier molecular flexibility index (Phi) is 7.64. The van der Waals surface area contributed by atoms with Crippen LogP contribution < -0.4 is 10.1 Å². The molecule has 0 radical (unpaired) electrons. The molecule has 9 heteroatoms. The number of halogens is 2. The van der Waals surface area contributed by atoms with Crippen LogP contribution in [-0.4, -0.2) is 26.4 Å². The molecule has 1 N–H and O–H groups in total. The van der Waals surface area contributed by atoms with Crippen LogP contribution in [0.1, 0.15) is 23.9 Å². The first kappa shape index (κ1) is 22.5. The van der Waals surface area contributed by atoms with Gasteiger partial charge in [-0.1, -0.05) is 41.0 Å². The summed E-state index contributed by atoms with van der Waals surface area (Å²) < 4.78 is 7.77. The van der Waals surface area contributed by atoms with Gasteiger partial charge in [0.2, 0.25) is 5.91 Å². The quantitative estimate of drug-likeness (QED) is 0.443. The number of anilines is 1. The average molecular weight is 465 g/mol. The fourth-order valence-corrected chi connectivity index (χ4v) is 3.86. The molecule has 6 nitrogen and oxygen atoms in total. The molecule has 30 heavy (non-hydrogen) atoms. The van der Waals surface area contributed by atoms with Crippen molar-refractivity contribution in [2.75, 3.05) is 11.1 Å². The Bertz CT molecular complexity index is 1060. The van der Waals surface area contributed by atoms with Gasteiger partial charge in [-0.3, -0.25) is 4.79 Å². The number of amides is 1. The number of ether oxygens (including phenoxy) is 1. The predicted molar refractivity (Wildman–Crippen MR) is 122 cm³/mol. The molecule has 2 aromatic carbocycles. The van der Waals surface area contributed by atoms with Crippen molar-refractivity contribution in [1.82, 2.24) is 14.8 Å². The lowest BCUT2D eigenvalue weighted by Gasteiger charge is -2.10. The van der Waals surface area contributed by atoms with Crippen molar-refractivity contribution < 1.29 is 9.53 Å². The third-order valence-corrected chi connectivity index (χ3v) is 6.04. The summed E-state index contributed by atoms with van der Waals surface area (Å²) >= 11 is 13.4. The van der Waals surface area contributed by atoms with E-state index in [9.17, 15) is 4.79 Å². The lowest BCUT2D eigenvalue weighted by atomic mass is 10.2. The molecule has 0 fully saturated rings. The molecule has 3 rings (SSSR count). The van der Waals surface area contributed by atoms with Gasteiger partial charge in [0.15, 0.2) is 11.0 Å². The molecule has 0 aliphatic heterocycles. The lowest BCUT2D eigenvalue weighted by molar-refractivity contribution is -0.113. The van der Waals surface area contributed by atoms with Crippen LogP contribution in [0.15, 0.2) is 41.6 Å². The first-order valence-electron chi connectivity index (χ1n) is 9.37. The van der Waals surface area contributed by atoms with E-state index >= 15 is 0 Å². The molecule has 0 saturated carbocycles. The molecule has 0 bridgehead atoms. The minimum atomic E-state index is -0.134. The SMILES string of the molecule is CCn1c(COc2ccc(Cl)c(C)c2)nnc1SCC(=O)Nc1cc(Cl)ccc1C. The number of benzene rings is 2. The molecule has 0 saturated heterocycles. The first-order chi connectivity index (χ1) is 14.4. The van der Waals surface area contributed by atoms with Crippen molar-refractivity contribution in [3.63, 3.8) is 0 Å². The van der Waals surface area contributed by atoms with Crippen molar-refractivity contribution in [3.8, 4) is 5.75 Å². The number of aromatic nitrogens is 3. The van der Waals surface area contributed by atoms with Crippen LogP contribution >= 0.6 is 35.0 Å². The van der Waals surface area contributed by atoms with E-state index in [-0.39, 0.29) is 18.3 Å². The summed E-state index contributed by atoms with van der Waals surface area (Å²) in [6.07, 6.45) is 0. The fraction of sp³-hybridized carbons (Fsp3) is 0.286. The summed E-state index contributed by atoms with van der Waals surface area (Å²) in [6.45, 7) is 6.79. The number of hydrogen-bond donors (Lipinski definition) is 1. The molecular formula is C21H22Cl2N4O2S. The zero-order valence-corrected chi connectivity index (χ0v) is 19.2. The zero-order valence-electron chi connectivity index (χ0n) is 16.9. The topological polar surface area (TPSA) is 69.0 Å². The van der Waals surface area contributed by atoms with Crippen molar-refractivity contribution in [3.05, 3.63) is 63.4 Å². The summed E-state index contributed by atoms with van der Waals surface area (Å²) in [4.78, 5) is 12.4. The molecule has 0 unspecified atom stereocenters. The molecule has 0 aliphatic rings. The Hall–Kier alpha value is -2.22. The maximum absolute atomic E-state index is 12.4. The van der Waals surface area contributed by atoms with Crippen LogP contribution in [0.4, 0.5) is 5.69 Å². The van der Waals surface area contributed by atoms with Gasteiger partial charge < -0.3 is 14.6 Å². The van der Waals surface area contributed by atoms with E-state index in [1.54, 1.807) is 18.2 Å². The predicted octanol–water partition coefficient (Wildman–Crippen LogP) is 5.53. The molecule has 1 aromatic heterocycles. The maximum Gasteiger partial charge on any atom is 0.234 e. The Balaban J connectivity index is 1.60. The van der Waals surface area contributed by atoms with Gasteiger partial charge in [-0.25, -0.2) is 0 Å². The fourth-order valence-electron chi connectivity index (χ4n) is 2.75. The highest BCUT2D eigenvalue weighted by Gasteiger charge is 2.14. The highest BCUT2D eigenvalue weighted by Crippen LogP contribution is 2.24. The standard InChI is InChI=1S/C21H22Cl2N4O2S/c1-4-27-19(11-29-16-7-8-17(23)14(3)9-16)25-26-21(27)30-12-20(28)24-18-10-15(22)6-5-13(18)2/h5-10H,4,11-12H2,1-3H3,(H,24,28). The first-order valence-corrected chi connectivity index (χ1v) is 11.1. The molecule has 0 atom stereocenters. The van der Waals surface area contributed by atoms with Crippen LogP contribution in [0.3, 0.4) is 0 Å². The van der Waals surface area contributed by atoms with Crippen LogP contribution in [0.25, 0.3) is 0 Å². The molecule has 158 valence electrons. The normalized spacial score (nSPS) is 10.8. The highest BCUT2D eigenvalue weighted by molar-refractivity contribution is 7.99. The Morgan fingerprint density at radius 1 is 1.13 bits per heavy atom. The molecule has 1 amide bonds. The Morgan fingerprint density at radius 2 is 1.93 bits per heavy atom. The Labute approximate surface area is 189 Å². The monoisotopic (exact) mass is 464 g/mol. The van der Waals surface area contributed by atoms with Crippen molar-refractivity contribution in [2.24, 2.45) is 0 Å². The number of thioether (sulfide) groups is 1. The van der Waals surface area contributed by atoms with Crippen LogP contribution in [-0.2, 0) is 17.9 Å². The van der Waals surface area contributed by atoms with Gasteiger partial charge in [0.25, 0.3) is 0 Å². The largest absolute Gasteiger partial charge is 0.486 e. The smallest absolute Gasteiger partial charge is 0.234 e. The molecule has 3 aromatic rings. The third-order valence-electron chi connectivity index (χ3n) is 4.41.